The molecule has 0 spiro atoms. The number of nitrogens with one attached hydrogen (secondary N) is 2. The van der Waals surface area contributed by atoms with Crippen LogP contribution < -0.4 is 10.6 Å². The normalized spacial score (nSPS) is 16.3. The minimum Gasteiger partial charge on any atom is -0.324 e. The minimum absolute atomic E-state index is 0.124. The number of anilines is 1. The van der Waals surface area contributed by atoms with Gasteiger partial charge in [0.25, 0.3) is 0 Å². The van der Waals surface area contributed by atoms with E-state index in [1.54, 1.807) is 12.1 Å². The first-order valence-corrected chi connectivity index (χ1v) is 14.9. The highest BCUT2D eigenvalue weighted by molar-refractivity contribution is 7.82. The van der Waals surface area contributed by atoms with Crippen LogP contribution in [0.2, 0.25) is 0 Å². The molecule has 1 aromatic heterocycles. The molecule has 6 nitrogen and oxygen atoms in total. The summed E-state index contributed by atoms with van der Waals surface area (Å²) in [7, 11) is -1.36. The molecule has 0 aliphatic carbocycles. The summed E-state index contributed by atoms with van der Waals surface area (Å²) in [6.45, 7) is 1.86. The zero-order valence-corrected chi connectivity index (χ0v) is 23.6. The van der Waals surface area contributed by atoms with Crippen molar-refractivity contribution in [3.8, 4) is 0 Å². The molecular formula is C32H31F3N4O2S. The third-order valence-electron chi connectivity index (χ3n) is 7.35. The molecule has 2 heterocycles. The Morgan fingerprint density at radius 3 is 2.33 bits per heavy atom. The molecule has 0 radical (unpaired) electrons. The highest BCUT2D eigenvalue weighted by Gasteiger charge is 2.28. The van der Waals surface area contributed by atoms with Crippen molar-refractivity contribution in [3.63, 3.8) is 0 Å². The molecule has 1 aliphatic rings. The molecule has 0 saturated carbocycles. The number of piperazine rings is 1. The van der Waals surface area contributed by atoms with Crippen LogP contribution in [-0.4, -0.2) is 45.1 Å². The zero-order chi connectivity index (χ0) is 29.5. The quantitative estimate of drug-likeness (QED) is 0.252. The third-order valence-corrected chi connectivity index (χ3v) is 8.93. The van der Waals surface area contributed by atoms with Gasteiger partial charge < -0.3 is 10.6 Å². The first-order valence-electron chi connectivity index (χ1n) is 13.8. The van der Waals surface area contributed by atoms with Crippen LogP contribution in [0.25, 0.3) is 0 Å². The summed E-state index contributed by atoms with van der Waals surface area (Å²) in [4.78, 5) is 17.9. The van der Waals surface area contributed by atoms with E-state index in [9.17, 15) is 17.8 Å². The molecule has 10 heteroatoms. The average molecular weight is 593 g/mol. The van der Waals surface area contributed by atoms with Crippen LogP contribution in [-0.2, 0) is 22.2 Å². The van der Waals surface area contributed by atoms with Crippen molar-refractivity contribution in [1.82, 2.24) is 14.6 Å². The Kier molecular flexibility index (Phi) is 9.78. The van der Waals surface area contributed by atoms with Crippen molar-refractivity contribution in [2.24, 2.45) is 0 Å². The lowest BCUT2D eigenvalue weighted by atomic mass is 9.88. The van der Waals surface area contributed by atoms with Crippen molar-refractivity contribution in [2.45, 2.75) is 36.1 Å². The Bertz CT molecular complexity index is 1510. The van der Waals surface area contributed by atoms with Gasteiger partial charge in [-0.2, -0.15) is 0 Å². The largest absolute Gasteiger partial charge is 0.324 e. The van der Waals surface area contributed by atoms with Crippen molar-refractivity contribution in [2.75, 3.05) is 25.0 Å². The van der Waals surface area contributed by atoms with E-state index in [1.807, 2.05) is 34.6 Å². The molecule has 1 aliphatic heterocycles. The fourth-order valence-electron chi connectivity index (χ4n) is 5.27. The van der Waals surface area contributed by atoms with Crippen LogP contribution >= 0.6 is 0 Å². The van der Waals surface area contributed by atoms with E-state index in [4.69, 9.17) is 0 Å². The van der Waals surface area contributed by atoms with Crippen molar-refractivity contribution in [1.29, 1.82) is 0 Å². The molecule has 1 amide bonds. The standard InChI is InChI=1S/C32H31F3N4O2S/c33-24-8-4-6-22(16-24)29(23-7-5-9-25(34)17-23)18-32(40)38-31-21-37-20-30(35)28(31)13-12-26-19-36-14-15-39(26)42(41)27-10-2-1-3-11-27/h1-11,16-17,20-21,26,29,36H,12-15,18-19H2,(H,38,40). The van der Waals surface area contributed by atoms with Crippen molar-refractivity contribution in [3.05, 3.63) is 125 Å². The lowest BCUT2D eigenvalue weighted by Crippen LogP contribution is -2.51. The van der Waals surface area contributed by atoms with Crippen LogP contribution in [0.1, 0.15) is 35.4 Å². The Labute approximate surface area is 245 Å². The Balaban J connectivity index is 1.32. The van der Waals surface area contributed by atoms with Gasteiger partial charge in [0.1, 0.15) is 28.4 Å². The summed E-state index contributed by atoms with van der Waals surface area (Å²) in [5.41, 5.74) is 1.56. The van der Waals surface area contributed by atoms with E-state index >= 15 is 4.39 Å². The first-order chi connectivity index (χ1) is 20.4. The maximum atomic E-state index is 15.1. The minimum atomic E-state index is -1.36. The number of halogens is 3. The second-order valence-corrected chi connectivity index (χ2v) is 11.6. The number of hydrogen-bond acceptors (Lipinski definition) is 4. The van der Waals surface area contributed by atoms with Crippen LogP contribution in [0.3, 0.4) is 0 Å². The van der Waals surface area contributed by atoms with E-state index in [0.29, 0.717) is 47.6 Å². The second-order valence-electron chi connectivity index (χ2n) is 10.2. The molecule has 2 unspecified atom stereocenters. The fourth-order valence-corrected chi connectivity index (χ4v) is 6.64. The predicted octanol–water partition coefficient (Wildman–Crippen LogP) is 5.59. The Morgan fingerprint density at radius 1 is 0.976 bits per heavy atom. The van der Waals surface area contributed by atoms with Crippen LogP contribution in [0, 0.1) is 17.5 Å². The van der Waals surface area contributed by atoms with Crippen LogP contribution in [0.4, 0.5) is 18.9 Å². The first kappa shape index (κ1) is 29.6. The lowest BCUT2D eigenvalue weighted by Gasteiger charge is -2.35. The van der Waals surface area contributed by atoms with Gasteiger partial charge in [0.05, 0.1) is 23.0 Å². The molecule has 1 saturated heterocycles. The van der Waals surface area contributed by atoms with Gasteiger partial charge in [-0.15, -0.1) is 0 Å². The molecule has 42 heavy (non-hydrogen) atoms. The summed E-state index contributed by atoms with van der Waals surface area (Å²) < 4.78 is 58.4. The third kappa shape index (κ3) is 7.31. The number of hydrogen-bond donors (Lipinski definition) is 2. The van der Waals surface area contributed by atoms with E-state index in [-0.39, 0.29) is 24.6 Å². The van der Waals surface area contributed by atoms with Crippen molar-refractivity contribution >= 4 is 22.6 Å². The van der Waals surface area contributed by atoms with Crippen LogP contribution in [0.5, 0.6) is 0 Å². The fraction of sp³-hybridized carbons (Fsp3) is 0.250. The smallest absolute Gasteiger partial charge is 0.225 e. The number of carbonyl (C=O) groups is 1. The van der Waals surface area contributed by atoms with Crippen molar-refractivity contribution < 1.29 is 22.2 Å². The molecule has 2 N–H and O–H groups in total. The number of amides is 1. The molecule has 1 fully saturated rings. The van der Waals surface area contributed by atoms with Gasteiger partial charge in [0.15, 0.2) is 0 Å². The molecule has 2 atom stereocenters. The molecule has 4 aromatic rings. The van der Waals surface area contributed by atoms with Gasteiger partial charge >= 0.3 is 0 Å². The van der Waals surface area contributed by atoms with E-state index < -0.39 is 40.3 Å². The number of carbonyl (C=O) groups excluding carboxylic acids is 1. The number of pyridine rings is 1. The topological polar surface area (TPSA) is 74.3 Å². The number of benzene rings is 3. The summed E-state index contributed by atoms with van der Waals surface area (Å²) in [5.74, 6) is -2.57. The molecule has 5 rings (SSSR count). The number of rotatable bonds is 10. The van der Waals surface area contributed by atoms with Gasteiger partial charge in [-0.3, -0.25) is 9.78 Å². The van der Waals surface area contributed by atoms with Gasteiger partial charge in [0.2, 0.25) is 5.91 Å². The summed E-state index contributed by atoms with van der Waals surface area (Å²) >= 11 is 0. The summed E-state index contributed by atoms with van der Waals surface area (Å²) in [5, 5.41) is 6.10. The highest BCUT2D eigenvalue weighted by Crippen LogP contribution is 2.30. The monoisotopic (exact) mass is 592 g/mol. The molecular weight excluding hydrogens is 561 g/mol. The SMILES string of the molecule is O=C(CC(c1cccc(F)c1)c1cccc(F)c1)Nc1cncc(F)c1CCC1CNCCN1S(=O)c1ccccc1. The Hall–Kier alpha value is -3.86. The van der Waals surface area contributed by atoms with Gasteiger partial charge in [-0.05, 0) is 60.4 Å². The Morgan fingerprint density at radius 2 is 1.67 bits per heavy atom. The molecule has 218 valence electrons. The molecule has 3 aromatic carbocycles. The molecule has 0 bridgehead atoms. The van der Waals surface area contributed by atoms with Gasteiger partial charge in [-0.1, -0.05) is 42.5 Å². The highest BCUT2D eigenvalue weighted by atomic mass is 32.2. The van der Waals surface area contributed by atoms with E-state index in [2.05, 4.69) is 15.6 Å². The lowest BCUT2D eigenvalue weighted by molar-refractivity contribution is -0.116. The number of aromatic nitrogens is 1. The number of nitrogens with zero attached hydrogens (tertiary/aromatic N) is 2. The maximum absolute atomic E-state index is 15.1. The summed E-state index contributed by atoms with van der Waals surface area (Å²) in [6.07, 6.45) is 3.14. The van der Waals surface area contributed by atoms with Gasteiger partial charge in [0, 0.05) is 43.6 Å². The van der Waals surface area contributed by atoms with E-state index in [0.717, 1.165) is 6.20 Å². The predicted molar refractivity (Wildman–Crippen MR) is 157 cm³/mol. The maximum Gasteiger partial charge on any atom is 0.225 e. The summed E-state index contributed by atoms with van der Waals surface area (Å²) in [6, 6.07) is 20.8. The zero-order valence-electron chi connectivity index (χ0n) is 22.8. The second kappa shape index (κ2) is 13.9. The van der Waals surface area contributed by atoms with E-state index in [1.165, 1.54) is 42.6 Å². The van der Waals surface area contributed by atoms with Gasteiger partial charge in [-0.25, -0.2) is 21.7 Å². The van der Waals surface area contributed by atoms with Crippen LogP contribution in [0.15, 0.2) is 96.2 Å². The average Bonchev–Trinajstić information content (AvgIpc) is 3.00.